The zero-order chi connectivity index (χ0) is 26.8. The van der Waals surface area contributed by atoms with E-state index in [4.69, 9.17) is 28.4 Å². The monoisotopic (exact) mass is 531 g/mol. The van der Waals surface area contributed by atoms with Gasteiger partial charge in [-0.3, -0.25) is 0 Å². The van der Waals surface area contributed by atoms with Crippen LogP contribution in [0.25, 0.3) is 11.1 Å². The highest BCUT2D eigenvalue weighted by Crippen LogP contribution is 2.44. The second-order valence-electron chi connectivity index (χ2n) is 8.33. The van der Waals surface area contributed by atoms with Gasteiger partial charge in [0, 0.05) is 12.5 Å². The van der Waals surface area contributed by atoms with Gasteiger partial charge in [-0.1, -0.05) is 48.5 Å². The predicted molar refractivity (Wildman–Crippen MR) is 139 cm³/mol. The number of amides is 1. The number of esters is 1. The Hall–Kier alpha value is -3.02. The van der Waals surface area contributed by atoms with Crippen molar-refractivity contribution in [3.63, 3.8) is 0 Å². The molecular formula is C28H37NO9. The zero-order valence-electron chi connectivity index (χ0n) is 21.9. The number of carbonyl (C=O) groups excluding carboxylic acids is 2. The Morgan fingerprint density at radius 1 is 0.684 bits per heavy atom. The summed E-state index contributed by atoms with van der Waals surface area (Å²) in [6.45, 7) is 4.25. The first-order valence-electron chi connectivity index (χ1n) is 12.7. The molecule has 0 heterocycles. The number of benzene rings is 2. The Kier molecular flexibility index (Phi) is 13.6. The molecule has 208 valence electrons. The molecule has 0 bridgehead atoms. The highest BCUT2D eigenvalue weighted by molar-refractivity contribution is 5.79. The molecule has 0 saturated carbocycles. The molecule has 0 fully saturated rings. The van der Waals surface area contributed by atoms with Gasteiger partial charge in [0.2, 0.25) is 0 Å². The number of fused-ring (bicyclic) bond motifs is 3. The molecule has 0 atom stereocenters. The van der Waals surface area contributed by atoms with Crippen molar-refractivity contribution >= 4 is 12.1 Å². The first-order chi connectivity index (χ1) is 18.7. The summed E-state index contributed by atoms with van der Waals surface area (Å²) in [7, 11) is 1.31. The van der Waals surface area contributed by atoms with Crippen LogP contribution >= 0.6 is 0 Å². The Balaban J connectivity index is 1.11. The molecule has 0 spiro atoms. The van der Waals surface area contributed by atoms with Crippen LogP contribution in [0.4, 0.5) is 4.79 Å². The fourth-order valence-corrected chi connectivity index (χ4v) is 3.97. The summed E-state index contributed by atoms with van der Waals surface area (Å²) in [5.74, 6) is -0.374. The van der Waals surface area contributed by atoms with Crippen molar-refractivity contribution in [1.29, 1.82) is 0 Å². The van der Waals surface area contributed by atoms with Crippen LogP contribution in [0.3, 0.4) is 0 Å². The molecule has 0 aliphatic heterocycles. The van der Waals surface area contributed by atoms with Crippen LogP contribution in [0.5, 0.6) is 0 Å². The zero-order valence-corrected chi connectivity index (χ0v) is 21.9. The topological polar surface area (TPSA) is 111 Å². The number of carbonyl (C=O) groups is 2. The lowest BCUT2D eigenvalue weighted by Crippen LogP contribution is -2.29. The summed E-state index contributed by atoms with van der Waals surface area (Å²) in [4.78, 5) is 23.0. The van der Waals surface area contributed by atoms with Gasteiger partial charge in [-0.05, 0) is 22.3 Å². The molecule has 0 aromatic heterocycles. The van der Waals surface area contributed by atoms with Crippen LogP contribution < -0.4 is 5.32 Å². The van der Waals surface area contributed by atoms with Crippen molar-refractivity contribution in [2.24, 2.45) is 0 Å². The fraction of sp³-hybridized carbons (Fsp3) is 0.500. The third-order valence-corrected chi connectivity index (χ3v) is 5.80. The lowest BCUT2D eigenvalue weighted by atomic mass is 9.98. The first-order valence-corrected chi connectivity index (χ1v) is 12.7. The van der Waals surface area contributed by atoms with Gasteiger partial charge in [0.15, 0.2) is 0 Å². The minimum absolute atomic E-state index is 0.0388. The molecule has 1 aliphatic rings. The Labute approximate surface area is 223 Å². The lowest BCUT2D eigenvalue weighted by Gasteiger charge is -2.14. The minimum Gasteiger partial charge on any atom is -0.467 e. The summed E-state index contributed by atoms with van der Waals surface area (Å²) in [6, 6.07) is 16.5. The molecule has 10 nitrogen and oxygen atoms in total. The van der Waals surface area contributed by atoms with Crippen LogP contribution in [0.1, 0.15) is 17.0 Å². The maximum Gasteiger partial charge on any atom is 0.407 e. The van der Waals surface area contributed by atoms with Gasteiger partial charge in [0.05, 0.1) is 66.6 Å². The number of nitrogens with one attached hydrogen (secondary N) is 1. The third kappa shape index (κ3) is 10.0. The van der Waals surface area contributed by atoms with Gasteiger partial charge in [0.25, 0.3) is 0 Å². The van der Waals surface area contributed by atoms with Gasteiger partial charge in [0.1, 0.15) is 13.2 Å². The summed E-state index contributed by atoms with van der Waals surface area (Å²) >= 11 is 0. The normalized spacial score (nSPS) is 12.1. The van der Waals surface area contributed by atoms with E-state index in [-0.39, 0.29) is 19.1 Å². The summed E-state index contributed by atoms with van der Waals surface area (Å²) < 4.78 is 36.6. The molecule has 1 aliphatic carbocycles. The van der Waals surface area contributed by atoms with E-state index in [0.717, 1.165) is 0 Å². The largest absolute Gasteiger partial charge is 0.467 e. The van der Waals surface area contributed by atoms with E-state index in [9.17, 15) is 9.59 Å². The number of methoxy groups -OCH3 is 1. The highest BCUT2D eigenvalue weighted by atomic mass is 16.6. The molecule has 2 aromatic carbocycles. The van der Waals surface area contributed by atoms with E-state index < -0.39 is 12.1 Å². The molecule has 3 rings (SSSR count). The fourth-order valence-electron chi connectivity index (χ4n) is 3.97. The van der Waals surface area contributed by atoms with Crippen molar-refractivity contribution in [3.05, 3.63) is 59.7 Å². The van der Waals surface area contributed by atoms with E-state index >= 15 is 0 Å². The van der Waals surface area contributed by atoms with E-state index in [1.165, 1.54) is 29.4 Å². The minimum atomic E-state index is -0.457. The molecule has 0 saturated heterocycles. The van der Waals surface area contributed by atoms with Gasteiger partial charge < -0.3 is 38.5 Å². The summed E-state index contributed by atoms with van der Waals surface area (Å²) in [6.07, 6.45) is -0.457. The maximum atomic E-state index is 12.1. The van der Waals surface area contributed by atoms with Crippen LogP contribution in [-0.4, -0.2) is 98.4 Å². The molecule has 38 heavy (non-hydrogen) atoms. The number of hydrogen-bond acceptors (Lipinski definition) is 9. The Bertz CT molecular complexity index is 939. The highest BCUT2D eigenvalue weighted by Gasteiger charge is 2.28. The van der Waals surface area contributed by atoms with Crippen molar-refractivity contribution in [2.45, 2.75) is 5.92 Å². The quantitative estimate of drug-likeness (QED) is 0.216. The average molecular weight is 532 g/mol. The Morgan fingerprint density at radius 2 is 1.16 bits per heavy atom. The molecule has 10 heteroatoms. The second kappa shape index (κ2) is 17.5. The molecule has 1 N–H and O–H groups in total. The molecular weight excluding hydrogens is 494 g/mol. The van der Waals surface area contributed by atoms with Crippen molar-refractivity contribution in [3.8, 4) is 11.1 Å². The van der Waals surface area contributed by atoms with Crippen molar-refractivity contribution < 1.29 is 42.7 Å². The summed E-state index contributed by atoms with van der Waals surface area (Å²) in [5, 5.41) is 2.72. The summed E-state index contributed by atoms with van der Waals surface area (Å²) in [5.41, 5.74) is 4.76. The van der Waals surface area contributed by atoms with Crippen LogP contribution in [-0.2, 0) is 38.0 Å². The van der Waals surface area contributed by atoms with Gasteiger partial charge in [-0.25, -0.2) is 9.59 Å². The number of ether oxygens (including phenoxy) is 7. The smallest absolute Gasteiger partial charge is 0.407 e. The molecule has 0 unspecified atom stereocenters. The van der Waals surface area contributed by atoms with Crippen LogP contribution in [0.15, 0.2) is 48.5 Å². The van der Waals surface area contributed by atoms with Crippen LogP contribution in [0.2, 0.25) is 0 Å². The van der Waals surface area contributed by atoms with E-state index in [0.29, 0.717) is 66.0 Å². The Morgan fingerprint density at radius 3 is 1.68 bits per heavy atom. The molecule has 2 aromatic rings. The van der Waals surface area contributed by atoms with Gasteiger partial charge >= 0.3 is 12.1 Å². The van der Waals surface area contributed by atoms with E-state index in [2.05, 4.69) is 34.3 Å². The van der Waals surface area contributed by atoms with E-state index in [1.54, 1.807) is 0 Å². The maximum absolute atomic E-state index is 12.1. The van der Waals surface area contributed by atoms with Gasteiger partial charge in [-0.15, -0.1) is 0 Å². The first kappa shape index (κ1) is 29.5. The van der Waals surface area contributed by atoms with E-state index in [1.807, 2.05) is 24.3 Å². The molecule has 0 radical (unpaired) electrons. The van der Waals surface area contributed by atoms with Gasteiger partial charge in [-0.2, -0.15) is 0 Å². The third-order valence-electron chi connectivity index (χ3n) is 5.80. The van der Waals surface area contributed by atoms with Crippen molar-refractivity contribution in [1.82, 2.24) is 5.32 Å². The molecule has 1 amide bonds. The van der Waals surface area contributed by atoms with Crippen LogP contribution in [0, 0.1) is 0 Å². The number of rotatable bonds is 19. The number of hydrogen-bond donors (Lipinski definition) is 1. The second-order valence-corrected chi connectivity index (χ2v) is 8.33. The SMILES string of the molecule is COC(=O)COCCOCCOCCOCCOCCNC(=O)OCC1c2ccccc2-c2ccccc21. The van der Waals surface area contributed by atoms with Crippen molar-refractivity contribution in [2.75, 3.05) is 86.3 Å². The average Bonchev–Trinajstić information content (AvgIpc) is 3.27. The predicted octanol–water partition coefficient (Wildman–Crippen LogP) is 2.78. The lowest BCUT2D eigenvalue weighted by molar-refractivity contribution is -0.146. The standard InChI is InChI=1S/C28H37NO9/c1-32-27(30)21-37-19-18-36-17-16-35-15-14-34-13-12-33-11-10-29-28(31)38-20-26-24-8-4-2-6-22(24)23-7-3-5-9-25(23)26/h2-9,26H,10-21H2,1H3,(H,29,31). The number of alkyl carbamates (subject to hydrolysis) is 1.